The van der Waals surface area contributed by atoms with Crippen LogP contribution in [-0.4, -0.2) is 41.8 Å². The van der Waals surface area contributed by atoms with E-state index in [1.54, 1.807) is 0 Å². The lowest BCUT2D eigenvalue weighted by Gasteiger charge is -2.32. The van der Waals surface area contributed by atoms with E-state index in [2.05, 4.69) is 54.0 Å². The number of carbonyl (C=O) groups is 1. The summed E-state index contributed by atoms with van der Waals surface area (Å²) in [4.78, 5) is 23.1. The van der Waals surface area contributed by atoms with Crippen LogP contribution in [0.3, 0.4) is 0 Å². The maximum absolute atomic E-state index is 13.5. The molecule has 0 unspecified atom stereocenters. The van der Waals surface area contributed by atoms with Gasteiger partial charge >= 0.3 is 0 Å². The van der Waals surface area contributed by atoms with Gasteiger partial charge in [0.15, 0.2) is 0 Å². The third-order valence-corrected chi connectivity index (χ3v) is 7.33. The Kier molecular flexibility index (Phi) is 7.47. The highest BCUT2D eigenvalue weighted by Gasteiger charge is 2.37. The summed E-state index contributed by atoms with van der Waals surface area (Å²) in [5.41, 5.74) is 3.27. The molecule has 3 aliphatic rings. The van der Waals surface area contributed by atoms with Crippen LogP contribution in [-0.2, 0) is 4.79 Å². The van der Waals surface area contributed by atoms with Gasteiger partial charge in [0, 0.05) is 36.8 Å². The van der Waals surface area contributed by atoms with Crippen molar-refractivity contribution in [3.05, 3.63) is 35.4 Å². The van der Waals surface area contributed by atoms with Crippen LogP contribution < -0.4 is 4.90 Å². The third kappa shape index (κ3) is 5.22. The van der Waals surface area contributed by atoms with Crippen LogP contribution in [0.5, 0.6) is 0 Å². The lowest BCUT2D eigenvalue weighted by molar-refractivity contribution is -0.124. The van der Waals surface area contributed by atoms with Gasteiger partial charge in [0.2, 0.25) is 0 Å². The number of aliphatic imine (C=N–C) groups is 1. The fourth-order valence-corrected chi connectivity index (χ4v) is 5.53. The number of anilines is 1. The zero-order valence-corrected chi connectivity index (χ0v) is 19.5. The average molecular weight is 422 g/mol. The molecular formula is C27H39N3O. The molecule has 1 aromatic rings. The van der Waals surface area contributed by atoms with Crippen LogP contribution >= 0.6 is 0 Å². The van der Waals surface area contributed by atoms with Gasteiger partial charge < -0.3 is 4.90 Å². The SMILES string of the molecule is CCN(CC)c1ccc(/C=C2/CC(=NC3CCCCC3)N(C3CCCCC3)C2=O)cc1. The fourth-order valence-electron chi connectivity index (χ4n) is 5.53. The summed E-state index contributed by atoms with van der Waals surface area (Å²) in [6.45, 7) is 6.38. The summed E-state index contributed by atoms with van der Waals surface area (Å²) in [6, 6.07) is 9.41. The molecule has 1 aromatic carbocycles. The van der Waals surface area contributed by atoms with E-state index in [9.17, 15) is 4.79 Å². The number of nitrogens with zero attached hydrogens (tertiary/aromatic N) is 3. The molecule has 0 radical (unpaired) electrons. The van der Waals surface area contributed by atoms with Crippen molar-refractivity contribution < 1.29 is 4.79 Å². The molecule has 2 saturated carbocycles. The highest BCUT2D eigenvalue weighted by Crippen LogP contribution is 2.32. The second-order valence-electron chi connectivity index (χ2n) is 9.41. The number of amides is 1. The Morgan fingerprint density at radius 3 is 2.16 bits per heavy atom. The first-order valence-electron chi connectivity index (χ1n) is 12.7. The van der Waals surface area contributed by atoms with Crippen molar-refractivity contribution >= 4 is 23.5 Å². The minimum atomic E-state index is 0.203. The van der Waals surface area contributed by atoms with Crippen LogP contribution in [0, 0.1) is 0 Å². The molecule has 0 aromatic heterocycles. The lowest BCUT2D eigenvalue weighted by Crippen LogP contribution is -2.41. The Balaban J connectivity index is 1.57. The van der Waals surface area contributed by atoms with E-state index in [1.807, 2.05) is 0 Å². The molecule has 0 N–H and O–H groups in total. The van der Waals surface area contributed by atoms with Crippen molar-refractivity contribution in [2.24, 2.45) is 4.99 Å². The molecule has 4 nitrogen and oxygen atoms in total. The summed E-state index contributed by atoms with van der Waals surface area (Å²) in [5, 5.41) is 0. The number of rotatable bonds is 6. The molecule has 4 heteroatoms. The molecule has 3 fully saturated rings. The summed E-state index contributed by atoms with van der Waals surface area (Å²) in [5.74, 6) is 1.25. The minimum Gasteiger partial charge on any atom is -0.372 e. The third-order valence-electron chi connectivity index (χ3n) is 7.33. The second-order valence-corrected chi connectivity index (χ2v) is 9.41. The van der Waals surface area contributed by atoms with E-state index in [0.717, 1.165) is 42.9 Å². The van der Waals surface area contributed by atoms with E-state index in [1.165, 1.54) is 57.1 Å². The van der Waals surface area contributed by atoms with Gasteiger partial charge in [0.25, 0.3) is 5.91 Å². The molecule has 0 atom stereocenters. The largest absolute Gasteiger partial charge is 0.372 e. The molecule has 1 heterocycles. The number of hydrogen-bond acceptors (Lipinski definition) is 3. The summed E-state index contributed by atoms with van der Waals surface area (Å²) >= 11 is 0. The van der Waals surface area contributed by atoms with Crippen molar-refractivity contribution in [2.75, 3.05) is 18.0 Å². The molecule has 31 heavy (non-hydrogen) atoms. The summed E-state index contributed by atoms with van der Waals surface area (Å²) < 4.78 is 0. The van der Waals surface area contributed by atoms with Crippen molar-refractivity contribution in [3.63, 3.8) is 0 Å². The average Bonchev–Trinajstić information content (AvgIpc) is 3.11. The molecule has 4 rings (SSSR count). The molecule has 0 spiro atoms. The Morgan fingerprint density at radius 2 is 1.55 bits per heavy atom. The number of benzene rings is 1. The Labute approximate surface area is 188 Å². The van der Waals surface area contributed by atoms with Crippen LogP contribution in [0.4, 0.5) is 5.69 Å². The first kappa shape index (κ1) is 22.1. The molecule has 1 saturated heterocycles. The van der Waals surface area contributed by atoms with Gasteiger partial charge in [0.05, 0.1) is 6.04 Å². The van der Waals surface area contributed by atoms with E-state index in [0.29, 0.717) is 18.5 Å². The molecule has 168 valence electrons. The zero-order valence-electron chi connectivity index (χ0n) is 19.5. The van der Waals surface area contributed by atoms with Gasteiger partial charge in [-0.3, -0.25) is 14.7 Å². The second kappa shape index (κ2) is 10.5. The highest BCUT2D eigenvalue weighted by molar-refractivity contribution is 6.17. The van der Waals surface area contributed by atoms with Gasteiger partial charge in [-0.25, -0.2) is 0 Å². The summed E-state index contributed by atoms with van der Waals surface area (Å²) in [7, 11) is 0. The monoisotopic (exact) mass is 421 g/mol. The summed E-state index contributed by atoms with van der Waals surface area (Å²) in [6.07, 6.45) is 15.1. The molecule has 1 amide bonds. The molecule has 2 aliphatic carbocycles. The topological polar surface area (TPSA) is 35.9 Å². The maximum Gasteiger partial charge on any atom is 0.255 e. The lowest BCUT2D eigenvalue weighted by atomic mass is 9.94. The predicted octanol–water partition coefficient (Wildman–Crippen LogP) is 6.21. The van der Waals surface area contributed by atoms with Crippen LogP contribution in [0.1, 0.15) is 90.0 Å². The number of amidine groups is 1. The molecule has 1 aliphatic heterocycles. The van der Waals surface area contributed by atoms with Crippen LogP contribution in [0.2, 0.25) is 0 Å². The van der Waals surface area contributed by atoms with E-state index in [-0.39, 0.29) is 5.91 Å². The van der Waals surface area contributed by atoms with Crippen molar-refractivity contribution in [3.8, 4) is 0 Å². The smallest absolute Gasteiger partial charge is 0.255 e. The Hall–Kier alpha value is -2.10. The first-order chi connectivity index (χ1) is 15.2. The standard InChI is InChI=1S/C27H39N3O/c1-3-29(4-2)24-17-15-21(16-18-24)19-22-20-26(28-23-11-7-5-8-12-23)30(27(22)31)25-13-9-6-10-14-25/h15-19,23,25H,3-14,20H2,1-2H3/b22-19-,28-26?. The Morgan fingerprint density at radius 1 is 0.935 bits per heavy atom. The maximum atomic E-state index is 13.5. The molecule has 0 bridgehead atoms. The predicted molar refractivity (Wildman–Crippen MR) is 131 cm³/mol. The fraction of sp³-hybridized carbons (Fsp3) is 0.630. The van der Waals surface area contributed by atoms with Crippen molar-refractivity contribution in [1.29, 1.82) is 0 Å². The van der Waals surface area contributed by atoms with Crippen molar-refractivity contribution in [1.82, 2.24) is 4.90 Å². The van der Waals surface area contributed by atoms with Crippen LogP contribution in [0.25, 0.3) is 6.08 Å². The van der Waals surface area contributed by atoms with Gasteiger partial charge in [-0.05, 0) is 63.3 Å². The Bertz CT molecular complexity index is 794. The number of hydrogen-bond donors (Lipinski definition) is 0. The zero-order chi connectivity index (χ0) is 21.6. The van der Waals surface area contributed by atoms with Crippen molar-refractivity contribution in [2.45, 2.75) is 96.6 Å². The number of likely N-dealkylation sites (tertiary alicyclic amines) is 1. The minimum absolute atomic E-state index is 0.203. The molecular weight excluding hydrogens is 382 g/mol. The van der Waals surface area contributed by atoms with Gasteiger partial charge in [-0.1, -0.05) is 50.7 Å². The van der Waals surface area contributed by atoms with Gasteiger partial charge in [-0.2, -0.15) is 0 Å². The first-order valence-corrected chi connectivity index (χ1v) is 12.7. The number of carbonyl (C=O) groups excluding carboxylic acids is 1. The van der Waals surface area contributed by atoms with E-state index >= 15 is 0 Å². The highest BCUT2D eigenvalue weighted by atomic mass is 16.2. The van der Waals surface area contributed by atoms with E-state index < -0.39 is 0 Å². The quantitative estimate of drug-likeness (QED) is 0.512. The van der Waals surface area contributed by atoms with Gasteiger partial charge in [0.1, 0.15) is 5.84 Å². The van der Waals surface area contributed by atoms with Crippen LogP contribution in [0.15, 0.2) is 34.8 Å². The van der Waals surface area contributed by atoms with Gasteiger partial charge in [-0.15, -0.1) is 0 Å². The van der Waals surface area contributed by atoms with E-state index in [4.69, 9.17) is 4.99 Å². The normalized spacial score (nSPS) is 23.8.